The maximum atomic E-state index is 12.7. The first-order valence-electron chi connectivity index (χ1n) is 6.98. The van der Waals surface area contributed by atoms with Crippen molar-refractivity contribution in [1.82, 2.24) is 0 Å². The highest BCUT2D eigenvalue weighted by molar-refractivity contribution is 9.10. The minimum atomic E-state index is -3.76. The van der Waals surface area contributed by atoms with E-state index in [9.17, 15) is 13.2 Å². The number of carbonyl (C=O) groups is 1. The molecule has 0 N–H and O–H groups in total. The molecule has 0 aliphatic carbocycles. The van der Waals surface area contributed by atoms with E-state index in [4.69, 9.17) is 16.3 Å². The van der Waals surface area contributed by atoms with Crippen molar-refractivity contribution in [2.45, 2.75) is 11.8 Å². The third-order valence-corrected chi connectivity index (χ3v) is 5.94. The lowest BCUT2D eigenvalue weighted by Crippen LogP contribution is -2.26. The first-order chi connectivity index (χ1) is 11.3. The van der Waals surface area contributed by atoms with Crippen LogP contribution in [0.15, 0.2) is 51.8 Å². The van der Waals surface area contributed by atoms with Crippen LogP contribution in [0.2, 0.25) is 5.02 Å². The van der Waals surface area contributed by atoms with Gasteiger partial charge in [-0.25, -0.2) is 13.2 Å². The van der Waals surface area contributed by atoms with E-state index in [-0.39, 0.29) is 22.1 Å². The Bertz CT molecular complexity index is 853. The highest BCUT2D eigenvalue weighted by Gasteiger charge is 2.23. The van der Waals surface area contributed by atoms with Gasteiger partial charge in [0.15, 0.2) is 0 Å². The summed E-state index contributed by atoms with van der Waals surface area (Å²) in [6, 6.07) is 10.7. The molecule has 0 spiro atoms. The van der Waals surface area contributed by atoms with Crippen LogP contribution in [0.5, 0.6) is 0 Å². The van der Waals surface area contributed by atoms with Gasteiger partial charge in [-0.05, 0) is 49.4 Å². The Kier molecular flexibility index (Phi) is 5.90. The van der Waals surface area contributed by atoms with E-state index in [1.807, 2.05) is 0 Å². The number of benzene rings is 2. The van der Waals surface area contributed by atoms with Crippen molar-refractivity contribution in [1.29, 1.82) is 0 Å². The summed E-state index contributed by atoms with van der Waals surface area (Å²) < 4.78 is 32.2. The van der Waals surface area contributed by atoms with E-state index in [2.05, 4.69) is 15.9 Å². The number of esters is 1. The monoisotopic (exact) mass is 431 g/mol. The van der Waals surface area contributed by atoms with E-state index < -0.39 is 16.0 Å². The van der Waals surface area contributed by atoms with Gasteiger partial charge >= 0.3 is 5.97 Å². The van der Waals surface area contributed by atoms with Crippen LogP contribution in [0.1, 0.15) is 17.3 Å². The van der Waals surface area contributed by atoms with Crippen molar-refractivity contribution in [3.63, 3.8) is 0 Å². The van der Waals surface area contributed by atoms with Crippen LogP contribution < -0.4 is 4.31 Å². The lowest BCUT2D eigenvalue weighted by atomic mass is 10.2. The number of anilines is 1. The number of sulfonamides is 1. The van der Waals surface area contributed by atoms with Gasteiger partial charge in [0.05, 0.1) is 27.8 Å². The maximum absolute atomic E-state index is 12.7. The number of carbonyl (C=O) groups excluding carboxylic acids is 1. The first kappa shape index (κ1) is 18.8. The van der Waals surface area contributed by atoms with Crippen LogP contribution in [0, 0.1) is 0 Å². The Balaban J connectivity index is 2.42. The molecule has 0 unspecified atom stereocenters. The maximum Gasteiger partial charge on any atom is 0.339 e. The van der Waals surface area contributed by atoms with Gasteiger partial charge in [0.25, 0.3) is 10.0 Å². The Morgan fingerprint density at radius 3 is 2.42 bits per heavy atom. The molecular formula is C16H15BrClNO4S. The summed E-state index contributed by atoms with van der Waals surface area (Å²) in [5.74, 6) is -0.598. The summed E-state index contributed by atoms with van der Waals surface area (Å²) in [6.07, 6.45) is 0. The molecule has 0 atom stereocenters. The third kappa shape index (κ3) is 3.91. The number of nitrogens with zero attached hydrogens (tertiary/aromatic N) is 1. The molecule has 2 aromatic rings. The van der Waals surface area contributed by atoms with Gasteiger partial charge in [0.2, 0.25) is 0 Å². The SMILES string of the molecule is CCOC(=O)c1cc(N(C)S(=O)(=O)c2ccc(Br)cc2)ccc1Cl. The molecular weight excluding hydrogens is 418 g/mol. The number of hydrogen-bond acceptors (Lipinski definition) is 4. The zero-order chi connectivity index (χ0) is 17.9. The normalized spacial score (nSPS) is 11.2. The minimum absolute atomic E-state index is 0.119. The van der Waals surface area contributed by atoms with Gasteiger partial charge in [-0.3, -0.25) is 4.31 Å². The Hall–Kier alpha value is -1.57. The molecule has 5 nitrogen and oxygen atoms in total. The molecule has 2 rings (SSSR count). The fourth-order valence-corrected chi connectivity index (χ4v) is 3.62. The molecule has 0 aliphatic heterocycles. The molecule has 0 aliphatic rings. The molecule has 24 heavy (non-hydrogen) atoms. The fraction of sp³-hybridized carbons (Fsp3) is 0.188. The van der Waals surface area contributed by atoms with Crippen LogP contribution >= 0.6 is 27.5 Å². The molecule has 128 valence electrons. The second kappa shape index (κ2) is 7.55. The van der Waals surface area contributed by atoms with E-state index in [1.165, 1.54) is 37.4 Å². The lowest BCUT2D eigenvalue weighted by molar-refractivity contribution is 0.0526. The molecule has 8 heteroatoms. The summed E-state index contributed by atoms with van der Waals surface area (Å²) in [7, 11) is -2.35. The minimum Gasteiger partial charge on any atom is -0.462 e. The van der Waals surface area contributed by atoms with E-state index in [0.29, 0.717) is 5.69 Å². The largest absolute Gasteiger partial charge is 0.462 e. The average Bonchev–Trinajstić information content (AvgIpc) is 2.55. The van der Waals surface area contributed by atoms with Gasteiger partial charge in [0.1, 0.15) is 0 Å². The van der Waals surface area contributed by atoms with Crippen molar-refractivity contribution < 1.29 is 17.9 Å². The first-order valence-corrected chi connectivity index (χ1v) is 9.59. The number of rotatable bonds is 5. The summed E-state index contributed by atoms with van der Waals surface area (Å²) in [5.41, 5.74) is 0.430. The van der Waals surface area contributed by atoms with Crippen LogP contribution in [-0.4, -0.2) is 28.0 Å². The zero-order valence-corrected chi connectivity index (χ0v) is 16.2. The van der Waals surface area contributed by atoms with Gasteiger partial charge < -0.3 is 4.74 Å². The molecule has 0 bridgehead atoms. The van der Waals surface area contributed by atoms with Crippen molar-refractivity contribution in [3.8, 4) is 0 Å². The topological polar surface area (TPSA) is 63.7 Å². The zero-order valence-electron chi connectivity index (χ0n) is 13.0. The number of hydrogen-bond donors (Lipinski definition) is 0. The van der Waals surface area contributed by atoms with Crippen molar-refractivity contribution in [3.05, 3.63) is 57.5 Å². The standard InChI is InChI=1S/C16H15BrClNO4S/c1-3-23-16(20)14-10-12(6-9-15(14)18)19(2)24(21,22)13-7-4-11(17)5-8-13/h4-10H,3H2,1-2H3. The fourth-order valence-electron chi connectivity index (χ4n) is 1.98. The Morgan fingerprint density at radius 1 is 1.21 bits per heavy atom. The highest BCUT2D eigenvalue weighted by atomic mass is 79.9. The molecule has 0 fully saturated rings. The molecule has 0 saturated carbocycles. The summed E-state index contributed by atoms with van der Waals surface area (Å²) in [6.45, 7) is 1.88. The van der Waals surface area contributed by atoms with E-state index in [1.54, 1.807) is 19.1 Å². The van der Waals surface area contributed by atoms with Crippen LogP contribution in [0.25, 0.3) is 0 Å². The van der Waals surface area contributed by atoms with Gasteiger partial charge in [0, 0.05) is 11.5 Å². The summed E-state index contributed by atoms with van der Waals surface area (Å²) in [5, 5.41) is 0.201. The second-order valence-electron chi connectivity index (χ2n) is 4.81. The van der Waals surface area contributed by atoms with Gasteiger partial charge in [-0.15, -0.1) is 0 Å². The smallest absolute Gasteiger partial charge is 0.339 e. The molecule has 0 heterocycles. The van der Waals surface area contributed by atoms with Gasteiger partial charge in [-0.2, -0.15) is 0 Å². The van der Waals surface area contributed by atoms with Gasteiger partial charge in [-0.1, -0.05) is 27.5 Å². The van der Waals surface area contributed by atoms with Crippen molar-refractivity contribution in [2.24, 2.45) is 0 Å². The quantitative estimate of drug-likeness (QED) is 0.667. The second-order valence-corrected chi connectivity index (χ2v) is 8.10. The van der Waals surface area contributed by atoms with E-state index in [0.717, 1.165) is 8.78 Å². The predicted molar refractivity (Wildman–Crippen MR) is 97.1 cm³/mol. The number of halogens is 2. The van der Waals surface area contributed by atoms with Crippen LogP contribution in [-0.2, 0) is 14.8 Å². The lowest BCUT2D eigenvalue weighted by Gasteiger charge is -2.20. The molecule has 0 aromatic heterocycles. The third-order valence-electron chi connectivity index (χ3n) is 3.28. The highest BCUT2D eigenvalue weighted by Crippen LogP contribution is 2.27. The Morgan fingerprint density at radius 2 is 1.83 bits per heavy atom. The summed E-state index contributed by atoms with van der Waals surface area (Å²) in [4.78, 5) is 12.1. The Labute approximate surface area is 154 Å². The van der Waals surface area contributed by atoms with Crippen LogP contribution in [0.4, 0.5) is 5.69 Å². The summed E-state index contributed by atoms with van der Waals surface area (Å²) >= 11 is 9.27. The molecule has 2 aromatic carbocycles. The van der Waals surface area contributed by atoms with Crippen LogP contribution in [0.3, 0.4) is 0 Å². The molecule has 0 saturated heterocycles. The molecule has 0 amide bonds. The average molecular weight is 433 g/mol. The predicted octanol–water partition coefficient (Wildman–Crippen LogP) is 4.10. The van der Waals surface area contributed by atoms with Crippen molar-refractivity contribution >= 4 is 49.2 Å². The molecule has 0 radical (unpaired) electrons. The number of ether oxygens (including phenoxy) is 1. The van der Waals surface area contributed by atoms with E-state index >= 15 is 0 Å². The van der Waals surface area contributed by atoms with Crippen molar-refractivity contribution in [2.75, 3.05) is 18.0 Å².